The Balaban J connectivity index is 2.32. The van der Waals surface area contributed by atoms with Crippen LogP contribution < -0.4 is 0 Å². The van der Waals surface area contributed by atoms with Gasteiger partial charge in [-0.1, -0.05) is 17.7 Å². The summed E-state index contributed by atoms with van der Waals surface area (Å²) in [5.41, 5.74) is 1.72. The summed E-state index contributed by atoms with van der Waals surface area (Å²) < 4.78 is 20.5. The van der Waals surface area contributed by atoms with Gasteiger partial charge in [-0.15, -0.1) is 0 Å². The van der Waals surface area contributed by atoms with Crippen molar-refractivity contribution >= 4 is 17.6 Å². The molecule has 0 aliphatic carbocycles. The molecule has 3 nitrogen and oxygen atoms in total. The van der Waals surface area contributed by atoms with Gasteiger partial charge in [-0.3, -0.25) is 0 Å². The molecule has 20 heavy (non-hydrogen) atoms. The van der Waals surface area contributed by atoms with Crippen molar-refractivity contribution in [3.63, 3.8) is 0 Å². The first-order valence-corrected chi connectivity index (χ1v) is 6.67. The first-order chi connectivity index (χ1) is 9.52. The molecule has 2 rings (SSSR count). The maximum Gasteiger partial charge on any atom is 0.355 e. The Labute approximate surface area is 121 Å². The van der Waals surface area contributed by atoms with Crippen LogP contribution in [0, 0.1) is 12.7 Å². The van der Waals surface area contributed by atoms with E-state index < -0.39 is 11.8 Å². The highest BCUT2D eigenvalue weighted by molar-refractivity contribution is 6.30. The van der Waals surface area contributed by atoms with E-state index in [2.05, 4.69) is 0 Å². The first kappa shape index (κ1) is 14.6. The lowest BCUT2D eigenvalue weighted by Crippen LogP contribution is -2.14. The van der Waals surface area contributed by atoms with E-state index in [1.165, 1.54) is 6.07 Å². The Bertz CT molecular complexity index is 637. The van der Waals surface area contributed by atoms with E-state index in [4.69, 9.17) is 16.3 Å². The van der Waals surface area contributed by atoms with Gasteiger partial charge < -0.3 is 9.30 Å². The minimum absolute atomic E-state index is 0.255. The molecule has 0 unspecified atom stereocenters. The number of rotatable bonds is 4. The number of aryl methyl sites for hydroxylation is 1. The van der Waals surface area contributed by atoms with Crippen LogP contribution in [0.4, 0.5) is 4.39 Å². The summed E-state index contributed by atoms with van der Waals surface area (Å²) in [6, 6.07) is 6.31. The molecule has 0 amide bonds. The number of ether oxygens (including phenoxy) is 1. The largest absolute Gasteiger partial charge is 0.461 e. The Morgan fingerprint density at radius 1 is 1.40 bits per heavy atom. The molecule has 0 atom stereocenters. The summed E-state index contributed by atoms with van der Waals surface area (Å²) in [5, 5.41) is 0.348. The quantitative estimate of drug-likeness (QED) is 0.803. The summed E-state index contributed by atoms with van der Waals surface area (Å²) >= 11 is 5.73. The van der Waals surface area contributed by atoms with E-state index in [0.29, 0.717) is 22.9 Å². The fourth-order valence-electron chi connectivity index (χ4n) is 2.02. The van der Waals surface area contributed by atoms with Crippen molar-refractivity contribution in [1.29, 1.82) is 0 Å². The second-order valence-electron chi connectivity index (χ2n) is 4.43. The molecule has 0 bridgehead atoms. The fourth-order valence-corrected chi connectivity index (χ4v) is 2.18. The number of hydrogen-bond acceptors (Lipinski definition) is 2. The molecule has 0 aliphatic heterocycles. The van der Waals surface area contributed by atoms with Gasteiger partial charge in [0.1, 0.15) is 11.5 Å². The number of halogens is 2. The van der Waals surface area contributed by atoms with Gasteiger partial charge in [-0.25, -0.2) is 9.18 Å². The zero-order valence-corrected chi connectivity index (χ0v) is 12.1. The average molecular weight is 296 g/mol. The lowest BCUT2D eigenvalue weighted by molar-refractivity contribution is 0.0513. The van der Waals surface area contributed by atoms with Crippen molar-refractivity contribution in [1.82, 2.24) is 4.57 Å². The molecule has 1 heterocycles. The molecule has 0 saturated heterocycles. The molecule has 0 radical (unpaired) electrons. The van der Waals surface area contributed by atoms with Crippen LogP contribution in [-0.4, -0.2) is 17.1 Å². The van der Waals surface area contributed by atoms with Gasteiger partial charge in [0, 0.05) is 16.8 Å². The highest BCUT2D eigenvalue weighted by atomic mass is 35.5. The Morgan fingerprint density at radius 3 is 2.80 bits per heavy atom. The van der Waals surface area contributed by atoms with E-state index in [0.717, 1.165) is 5.56 Å². The molecule has 0 aliphatic rings. The van der Waals surface area contributed by atoms with E-state index in [-0.39, 0.29) is 6.54 Å². The van der Waals surface area contributed by atoms with Crippen LogP contribution in [0.3, 0.4) is 0 Å². The van der Waals surface area contributed by atoms with Crippen molar-refractivity contribution < 1.29 is 13.9 Å². The normalized spacial score (nSPS) is 10.6. The van der Waals surface area contributed by atoms with Crippen molar-refractivity contribution in [3.8, 4) is 0 Å². The third-order valence-corrected chi connectivity index (χ3v) is 3.22. The summed E-state index contributed by atoms with van der Waals surface area (Å²) in [6.07, 6.45) is 1.75. The van der Waals surface area contributed by atoms with E-state index >= 15 is 0 Å². The van der Waals surface area contributed by atoms with Crippen molar-refractivity contribution in [2.75, 3.05) is 6.61 Å². The van der Waals surface area contributed by atoms with Gasteiger partial charge in [0.2, 0.25) is 0 Å². The molecule has 1 aromatic carbocycles. The van der Waals surface area contributed by atoms with Crippen LogP contribution in [0.15, 0.2) is 30.5 Å². The predicted octanol–water partition coefficient (Wildman–Crippen LogP) is 3.81. The highest BCUT2D eigenvalue weighted by Gasteiger charge is 2.16. The monoisotopic (exact) mass is 295 g/mol. The molecule has 0 saturated carbocycles. The Morgan fingerprint density at radius 2 is 2.15 bits per heavy atom. The second-order valence-corrected chi connectivity index (χ2v) is 4.87. The third kappa shape index (κ3) is 3.02. The average Bonchev–Trinajstić information content (AvgIpc) is 2.74. The zero-order chi connectivity index (χ0) is 14.7. The molecule has 0 fully saturated rings. The standard InChI is InChI=1S/C15H15ClFNO2/c1-3-20-15(19)14-10(2)6-7-18(14)9-11-4-5-12(16)8-13(11)17/h4-8H,3,9H2,1-2H3. The van der Waals surface area contributed by atoms with Crippen molar-refractivity contribution in [3.05, 3.63) is 58.1 Å². The minimum atomic E-state index is -0.399. The predicted molar refractivity (Wildman–Crippen MR) is 75.6 cm³/mol. The molecule has 0 N–H and O–H groups in total. The highest BCUT2D eigenvalue weighted by Crippen LogP contribution is 2.18. The number of carbonyl (C=O) groups is 1. The molecular formula is C15H15ClFNO2. The lowest BCUT2D eigenvalue weighted by Gasteiger charge is -2.10. The molecule has 5 heteroatoms. The maximum absolute atomic E-state index is 13.8. The number of nitrogens with zero attached hydrogens (tertiary/aromatic N) is 1. The molecule has 0 spiro atoms. The number of benzene rings is 1. The van der Waals surface area contributed by atoms with Gasteiger partial charge in [-0.2, -0.15) is 0 Å². The van der Waals surface area contributed by atoms with Gasteiger partial charge in [0.25, 0.3) is 0 Å². The first-order valence-electron chi connectivity index (χ1n) is 6.29. The number of aromatic nitrogens is 1. The van der Waals surface area contributed by atoms with Crippen LogP contribution in [0.2, 0.25) is 5.02 Å². The topological polar surface area (TPSA) is 31.2 Å². The number of hydrogen-bond donors (Lipinski definition) is 0. The van der Waals surface area contributed by atoms with Gasteiger partial charge in [0.15, 0.2) is 0 Å². The summed E-state index contributed by atoms with van der Waals surface area (Å²) in [4.78, 5) is 11.9. The van der Waals surface area contributed by atoms with E-state index in [1.807, 2.05) is 6.92 Å². The molecule has 106 valence electrons. The second kappa shape index (κ2) is 6.09. The zero-order valence-electron chi connectivity index (χ0n) is 11.3. The third-order valence-electron chi connectivity index (χ3n) is 2.99. The van der Waals surface area contributed by atoms with Crippen LogP contribution in [0.5, 0.6) is 0 Å². The fraction of sp³-hybridized carbons (Fsp3) is 0.267. The molecule has 2 aromatic rings. The number of carbonyl (C=O) groups excluding carboxylic acids is 1. The van der Waals surface area contributed by atoms with Crippen LogP contribution in [0.25, 0.3) is 0 Å². The summed E-state index contributed by atoms with van der Waals surface area (Å²) in [5.74, 6) is -0.789. The van der Waals surface area contributed by atoms with Crippen LogP contribution in [-0.2, 0) is 11.3 Å². The summed E-state index contributed by atoms with van der Waals surface area (Å²) in [7, 11) is 0. The van der Waals surface area contributed by atoms with Gasteiger partial charge >= 0.3 is 5.97 Å². The summed E-state index contributed by atoms with van der Waals surface area (Å²) in [6.45, 7) is 4.13. The maximum atomic E-state index is 13.8. The molecule has 1 aromatic heterocycles. The Kier molecular flexibility index (Phi) is 4.45. The van der Waals surface area contributed by atoms with Gasteiger partial charge in [-0.05, 0) is 37.6 Å². The lowest BCUT2D eigenvalue weighted by atomic mass is 10.2. The van der Waals surface area contributed by atoms with Crippen LogP contribution >= 0.6 is 11.6 Å². The number of esters is 1. The van der Waals surface area contributed by atoms with Gasteiger partial charge in [0.05, 0.1) is 13.2 Å². The van der Waals surface area contributed by atoms with E-state index in [1.54, 1.807) is 35.9 Å². The SMILES string of the molecule is CCOC(=O)c1c(C)ccn1Cc1ccc(Cl)cc1F. The molecular weight excluding hydrogens is 281 g/mol. The Hall–Kier alpha value is -1.81. The van der Waals surface area contributed by atoms with Crippen molar-refractivity contribution in [2.24, 2.45) is 0 Å². The minimum Gasteiger partial charge on any atom is -0.461 e. The van der Waals surface area contributed by atoms with Crippen LogP contribution in [0.1, 0.15) is 28.5 Å². The van der Waals surface area contributed by atoms with Crippen molar-refractivity contribution in [2.45, 2.75) is 20.4 Å². The van der Waals surface area contributed by atoms with E-state index in [9.17, 15) is 9.18 Å². The smallest absolute Gasteiger partial charge is 0.355 e.